The zero-order valence-corrected chi connectivity index (χ0v) is 21.0. The van der Waals surface area contributed by atoms with E-state index in [2.05, 4.69) is 30.8 Å². The fourth-order valence-electron chi connectivity index (χ4n) is 4.04. The number of rotatable bonds is 7. The van der Waals surface area contributed by atoms with Crippen LogP contribution in [0, 0.1) is 11.7 Å². The van der Waals surface area contributed by atoms with E-state index in [1.165, 1.54) is 12.1 Å². The number of nitrogens with zero attached hydrogens (tertiary/aromatic N) is 3. The highest BCUT2D eigenvalue weighted by Crippen LogP contribution is 2.31. The normalized spacial score (nSPS) is 13.2. The van der Waals surface area contributed by atoms with E-state index in [9.17, 15) is 14.0 Å². The van der Waals surface area contributed by atoms with Crippen LogP contribution in [0.1, 0.15) is 23.3 Å². The van der Waals surface area contributed by atoms with Gasteiger partial charge in [-0.3, -0.25) is 24.7 Å². The third-order valence-electron chi connectivity index (χ3n) is 6.20. The molecule has 5 aromatic rings. The maximum absolute atomic E-state index is 13.1. The first-order valence-electron chi connectivity index (χ1n) is 12.1. The quantitative estimate of drug-likeness (QED) is 0.274. The van der Waals surface area contributed by atoms with Crippen molar-refractivity contribution in [3.05, 3.63) is 90.8 Å². The molecule has 2 aromatic carbocycles. The molecule has 188 valence electrons. The van der Waals surface area contributed by atoms with Crippen molar-refractivity contribution in [3.63, 3.8) is 0 Å². The Morgan fingerprint density at radius 1 is 0.895 bits per heavy atom. The van der Waals surface area contributed by atoms with Gasteiger partial charge < -0.3 is 10.6 Å². The van der Waals surface area contributed by atoms with Crippen LogP contribution in [0.4, 0.5) is 15.8 Å². The number of carbonyl (C=O) groups is 2. The molecule has 1 fully saturated rings. The van der Waals surface area contributed by atoms with Crippen LogP contribution in [-0.4, -0.2) is 32.0 Å². The molecule has 0 radical (unpaired) electrons. The first-order valence-corrected chi connectivity index (χ1v) is 13.1. The Bertz CT molecular complexity index is 1650. The van der Waals surface area contributed by atoms with Gasteiger partial charge in [-0.25, -0.2) is 4.39 Å². The lowest BCUT2D eigenvalue weighted by Gasteiger charge is -2.08. The van der Waals surface area contributed by atoms with Crippen molar-refractivity contribution in [1.82, 2.24) is 20.2 Å². The number of H-pyrrole nitrogens is 1. The number of fused-ring (bicyclic) bond motifs is 1. The number of pyridine rings is 2. The van der Waals surface area contributed by atoms with Crippen molar-refractivity contribution in [2.75, 3.05) is 10.6 Å². The molecule has 3 N–H and O–H groups in total. The Hall–Kier alpha value is -4.49. The number of benzene rings is 2. The van der Waals surface area contributed by atoms with Gasteiger partial charge in [0, 0.05) is 23.1 Å². The Labute approximate surface area is 218 Å². The molecule has 1 aliphatic carbocycles. The number of aromatic amines is 1. The third kappa shape index (κ3) is 5.28. The molecule has 1 saturated carbocycles. The second kappa shape index (κ2) is 10.1. The first-order chi connectivity index (χ1) is 18.5. The lowest BCUT2D eigenvalue weighted by atomic mass is 10.0. The molecule has 6 rings (SSSR count). The molecule has 8 nitrogen and oxygen atoms in total. The highest BCUT2D eigenvalue weighted by molar-refractivity contribution is 7.55. The number of hydrogen-bond acceptors (Lipinski definition) is 5. The lowest BCUT2D eigenvalue weighted by molar-refractivity contribution is -0.117. The van der Waals surface area contributed by atoms with Crippen LogP contribution < -0.4 is 21.4 Å². The summed E-state index contributed by atoms with van der Waals surface area (Å²) in [5, 5.41) is 14.5. The molecule has 3 heterocycles. The van der Waals surface area contributed by atoms with E-state index in [0.29, 0.717) is 16.8 Å². The Morgan fingerprint density at radius 2 is 1.74 bits per heavy atom. The minimum Gasteiger partial charge on any atom is -0.324 e. The van der Waals surface area contributed by atoms with Crippen molar-refractivity contribution in [1.29, 1.82) is 0 Å². The van der Waals surface area contributed by atoms with Crippen LogP contribution in [0.25, 0.3) is 22.0 Å². The van der Waals surface area contributed by atoms with Gasteiger partial charge in [-0.05, 0) is 74.8 Å². The van der Waals surface area contributed by atoms with Gasteiger partial charge in [-0.1, -0.05) is 18.2 Å². The molecular weight excluding hydrogens is 502 g/mol. The average molecular weight is 524 g/mol. The van der Waals surface area contributed by atoms with Crippen LogP contribution in [-0.2, 0) is 4.79 Å². The summed E-state index contributed by atoms with van der Waals surface area (Å²) in [6, 6.07) is 17.5. The summed E-state index contributed by atoms with van der Waals surface area (Å²) in [4.78, 5) is 33.9. The molecule has 0 aliphatic heterocycles. The predicted octanol–water partition coefficient (Wildman–Crippen LogP) is 4.39. The lowest BCUT2D eigenvalue weighted by Crippen LogP contribution is -2.14. The van der Waals surface area contributed by atoms with Crippen molar-refractivity contribution >= 4 is 53.4 Å². The predicted molar refractivity (Wildman–Crippen MR) is 147 cm³/mol. The van der Waals surface area contributed by atoms with Crippen molar-refractivity contribution < 1.29 is 14.0 Å². The molecule has 1 atom stereocenters. The van der Waals surface area contributed by atoms with E-state index >= 15 is 0 Å². The summed E-state index contributed by atoms with van der Waals surface area (Å²) < 4.78 is 13.1. The molecule has 38 heavy (non-hydrogen) atoms. The largest absolute Gasteiger partial charge is 0.324 e. The Morgan fingerprint density at radius 3 is 2.50 bits per heavy atom. The molecule has 0 spiro atoms. The second-order valence-electron chi connectivity index (χ2n) is 9.08. The summed E-state index contributed by atoms with van der Waals surface area (Å²) in [5.74, 6) is -0.520. The molecule has 0 bridgehead atoms. The fourth-order valence-corrected chi connectivity index (χ4v) is 4.96. The standard InChI is InChI=1S/C28H22FN6O2P/c29-19-4-7-22(8-5-19)38-25-10-6-20(15-31-25)32-28(37)26-23-12-17(3-9-24(23)34-35-26)18-11-21(14-30-13-18)33-27(36)16-1-2-16/h3-16,38H,1-2H2,(H,32,37)(H,33,36)(H,34,35). The van der Waals surface area contributed by atoms with E-state index in [-0.39, 0.29) is 37.8 Å². The number of carbonyl (C=O) groups excluding carboxylic acids is 2. The first kappa shape index (κ1) is 23.9. The third-order valence-corrected chi connectivity index (χ3v) is 7.38. The number of anilines is 2. The maximum Gasteiger partial charge on any atom is 0.276 e. The van der Waals surface area contributed by atoms with E-state index < -0.39 is 0 Å². The number of amides is 2. The van der Waals surface area contributed by atoms with Crippen LogP contribution in [0.5, 0.6) is 0 Å². The minimum absolute atomic E-state index is 0.0200. The van der Waals surface area contributed by atoms with Crippen molar-refractivity contribution in [2.45, 2.75) is 12.8 Å². The topological polar surface area (TPSA) is 113 Å². The van der Waals surface area contributed by atoms with E-state index in [1.807, 2.05) is 30.3 Å². The summed E-state index contributed by atoms with van der Waals surface area (Å²) in [6.45, 7) is 0. The highest BCUT2D eigenvalue weighted by Gasteiger charge is 2.29. The van der Waals surface area contributed by atoms with Gasteiger partial charge in [-0.2, -0.15) is 5.10 Å². The maximum atomic E-state index is 13.1. The monoisotopic (exact) mass is 524 g/mol. The summed E-state index contributed by atoms with van der Waals surface area (Å²) in [6.07, 6.45) is 6.79. The second-order valence-corrected chi connectivity index (χ2v) is 10.4. The van der Waals surface area contributed by atoms with Gasteiger partial charge in [0.25, 0.3) is 5.91 Å². The van der Waals surface area contributed by atoms with Crippen LogP contribution in [0.3, 0.4) is 0 Å². The van der Waals surface area contributed by atoms with Crippen molar-refractivity contribution in [2.24, 2.45) is 5.92 Å². The Balaban J connectivity index is 1.18. The van der Waals surface area contributed by atoms with Crippen molar-refractivity contribution in [3.8, 4) is 11.1 Å². The van der Waals surface area contributed by atoms with Gasteiger partial charge in [-0.15, -0.1) is 0 Å². The van der Waals surface area contributed by atoms with E-state index in [4.69, 9.17) is 0 Å². The van der Waals surface area contributed by atoms with Gasteiger partial charge in [0.05, 0.1) is 34.7 Å². The molecule has 3 aromatic heterocycles. The van der Waals surface area contributed by atoms with E-state index in [0.717, 1.165) is 40.2 Å². The SMILES string of the molecule is O=C(Nc1ccc(Pc2ccc(F)cc2)nc1)c1n[nH]c2ccc(-c3cncc(NC(=O)C4CC4)c3)cc12. The molecule has 1 unspecified atom stereocenters. The molecule has 1 aliphatic rings. The molecule has 10 heteroatoms. The summed E-state index contributed by atoms with van der Waals surface area (Å²) in [7, 11) is 0.278. The number of halogens is 1. The van der Waals surface area contributed by atoms with Gasteiger partial charge >= 0.3 is 0 Å². The smallest absolute Gasteiger partial charge is 0.276 e. The summed E-state index contributed by atoms with van der Waals surface area (Å²) in [5.41, 5.74) is 4.64. The highest BCUT2D eigenvalue weighted by atomic mass is 31.1. The number of aromatic nitrogens is 4. The molecular formula is C28H22FN6O2P. The molecule has 2 amide bonds. The van der Waals surface area contributed by atoms with E-state index in [1.54, 1.807) is 36.8 Å². The zero-order chi connectivity index (χ0) is 26.1. The molecule has 0 saturated heterocycles. The van der Waals surface area contributed by atoms with Crippen LogP contribution in [0.15, 0.2) is 79.3 Å². The minimum atomic E-state index is -0.368. The summed E-state index contributed by atoms with van der Waals surface area (Å²) >= 11 is 0. The Kier molecular flexibility index (Phi) is 6.35. The zero-order valence-electron chi connectivity index (χ0n) is 20.0. The fraction of sp³-hybridized carbons (Fsp3) is 0.107. The van der Waals surface area contributed by atoms with Gasteiger partial charge in [0.2, 0.25) is 5.91 Å². The number of hydrogen-bond donors (Lipinski definition) is 3. The van der Waals surface area contributed by atoms with Crippen LogP contribution >= 0.6 is 8.58 Å². The average Bonchev–Trinajstić information content (AvgIpc) is 3.70. The number of nitrogens with one attached hydrogen (secondary N) is 3. The van der Waals surface area contributed by atoms with Gasteiger partial charge in [0.1, 0.15) is 5.82 Å². The van der Waals surface area contributed by atoms with Crippen LogP contribution in [0.2, 0.25) is 0 Å². The van der Waals surface area contributed by atoms with Gasteiger partial charge in [0.15, 0.2) is 5.69 Å².